The third kappa shape index (κ3) is 3.58. The number of carbonyl (C=O) groups excluding carboxylic acids is 1. The topological polar surface area (TPSA) is 29.1 Å². The molecular formula is C11H13Cl2NOS. The molecule has 0 heterocycles. The highest BCUT2D eigenvalue weighted by molar-refractivity contribution is 7.81. The van der Waals surface area contributed by atoms with E-state index in [9.17, 15) is 4.79 Å². The van der Waals surface area contributed by atoms with Gasteiger partial charge in [0, 0.05) is 5.02 Å². The fourth-order valence-corrected chi connectivity index (χ4v) is 1.62. The first-order valence-corrected chi connectivity index (χ1v) is 6.13. The van der Waals surface area contributed by atoms with E-state index in [0.29, 0.717) is 15.7 Å². The molecule has 0 radical (unpaired) electrons. The van der Waals surface area contributed by atoms with Crippen LogP contribution < -0.4 is 5.32 Å². The molecule has 0 spiro atoms. The average Bonchev–Trinajstić information content (AvgIpc) is 2.20. The Bertz CT molecular complexity index is 396. The summed E-state index contributed by atoms with van der Waals surface area (Å²) in [4.78, 5) is 11.7. The first kappa shape index (κ1) is 13.7. The van der Waals surface area contributed by atoms with Crippen LogP contribution in [-0.4, -0.2) is 11.2 Å². The number of halogens is 2. The molecule has 16 heavy (non-hydrogen) atoms. The van der Waals surface area contributed by atoms with Crippen LogP contribution in [0.2, 0.25) is 10.0 Å². The summed E-state index contributed by atoms with van der Waals surface area (Å²) in [5.41, 5.74) is 0.552. The van der Waals surface area contributed by atoms with Crippen LogP contribution in [0.5, 0.6) is 0 Å². The summed E-state index contributed by atoms with van der Waals surface area (Å²) in [6.07, 6.45) is 0. The van der Waals surface area contributed by atoms with Crippen molar-refractivity contribution in [1.82, 2.24) is 0 Å². The van der Waals surface area contributed by atoms with Crippen molar-refractivity contribution < 1.29 is 4.79 Å². The Balaban J connectivity index is 2.77. The quantitative estimate of drug-likeness (QED) is 0.807. The van der Waals surface area contributed by atoms with Gasteiger partial charge in [0.05, 0.1) is 16.0 Å². The van der Waals surface area contributed by atoms with E-state index < -0.39 is 0 Å². The van der Waals surface area contributed by atoms with Crippen LogP contribution >= 0.6 is 35.8 Å². The van der Waals surface area contributed by atoms with Gasteiger partial charge in [-0.3, -0.25) is 4.79 Å². The predicted molar refractivity (Wildman–Crippen MR) is 72.7 cm³/mol. The summed E-state index contributed by atoms with van der Waals surface area (Å²) in [7, 11) is 0. The minimum Gasteiger partial charge on any atom is -0.324 e. The second kappa shape index (κ2) is 5.80. The summed E-state index contributed by atoms with van der Waals surface area (Å²) < 4.78 is 0. The highest BCUT2D eigenvalue weighted by atomic mass is 35.5. The molecule has 1 amide bonds. The van der Waals surface area contributed by atoms with Crippen molar-refractivity contribution in [2.45, 2.75) is 19.1 Å². The van der Waals surface area contributed by atoms with Crippen molar-refractivity contribution in [2.24, 2.45) is 5.92 Å². The van der Waals surface area contributed by atoms with E-state index in [1.165, 1.54) is 0 Å². The second-order valence-corrected chi connectivity index (χ2v) is 5.20. The van der Waals surface area contributed by atoms with Gasteiger partial charge in [-0.05, 0) is 24.1 Å². The van der Waals surface area contributed by atoms with Gasteiger partial charge in [-0.2, -0.15) is 12.6 Å². The number of hydrogen-bond acceptors (Lipinski definition) is 2. The van der Waals surface area contributed by atoms with Gasteiger partial charge in [0.25, 0.3) is 0 Å². The van der Waals surface area contributed by atoms with Crippen LogP contribution in [0.4, 0.5) is 5.69 Å². The van der Waals surface area contributed by atoms with E-state index in [2.05, 4.69) is 17.9 Å². The lowest BCUT2D eigenvalue weighted by Crippen LogP contribution is -2.27. The third-order valence-electron chi connectivity index (χ3n) is 2.09. The molecular weight excluding hydrogens is 265 g/mol. The molecule has 0 aromatic heterocycles. The first-order valence-electron chi connectivity index (χ1n) is 4.86. The maximum atomic E-state index is 11.7. The molecule has 1 unspecified atom stereocenters. The summed E-state index contributed by atoms with van der Waals surface area (Å²) in [5.74, 6) is -0.00281. The van der Waals surface area contributed by atoms with Gasteiger partial charge in [-0.15, -0.1) is 0 Å². The number of nitrogens with one attached hydrogen (secondary N) is 1. The van der Waals surface area contributed by atoms with Crippen molar-refractivity contribution in [3.8, 4) is 0 Å². The molecule has 1 aromatic rings. The second-order valence-electron chi connectivity index (χ2n) is 3.80. The van der Waals surface area contributed by atoms with Crippen molar-refractivity contribution in [3.63, 3.8) is 0 Å². The van der Waals surface area contributed by atoms with Gasteiger partial charge in [-0.1, -0.05) is 37.0 Å². The number of thiol groups is 1. The van der Waals surface area contributed by atoms with Gasteiger partial charge in [0.15, 0.2) is 0 Å². The van der Waals surface area contributed by atoms with Crippen molar-refractivity contribution in [1.29, 1.82) is 0 Å². The monoisotopic (exact) mass is 277 g/mol. The van der Waals surface area contributed by atoms with E-state index in [1.807, 2.05) is 13.8 Å². The molecule has 0 aliphatic rings. The minimum atomic E-state index is -0.355. The minimum absolute atomic E-state index is 0.161. The van der Waals surface area contributed by atoms with Crippen LogP contribution in [0.25, 0.3) is 0 Å². The zero-order valence-corrected chi connectivity index (χ0v) is 11.4. The molecule has 1 atom stereocenters. The standard InChI is InChI=1S/C11H13Cl2NOS/c1-6(2)10(16)11(15)14-9-4-3-7(12)5-8(9)13/h3-6,10,16H,1-2H3,(H,14,15). The lowest BCUT2D eigenvalue weighted by Gasteiger charge is -2.15. The smallest absolute Gasteiger partial charge is 0.237 e. The number of anilines is 1. The van der Waals surface area contributed by atoms with E-state index in [1.54, 1.807) is 18.2 Å². The lowest BCUT2D eigenvalue weighted by molar-refractivity contribution is -0.116. The Labute approximate surface area is 111 Å². The zero-order valence-electron chi connectivity index (χ0n) is 9.00. The fourth-order valence-electron chi connectivity index (χ4n) is 1.10. The molecule has 0 aliphatic heterocycles. The molecule has 2 nitrogen and oxygen atoms in total. The molecule has 5 heteroatoms. The maximum Gasteiger partial charge on any atom is 0.237 e. The Morgan fingerprint density at radius 3 is 2.50 bits per heavy atom. The number of hydrogen-bond donors (Lipinski definition) is 2. The van der Waals surface area contributed by atoms with E-state index in [0.717, 1.165) is 0 Å². The lowest BCUT2D eigenvalue weighted by atomic mass is 10.1. The summed E-state index contributed by atoms with van der Waals surface area (Å²) >= 11 is 15.9. The molecule has 0 saturated carbocycles. The first-order chi connectivity index (χ1) is 7.41. The Kier molecular flexibility index (Phi) is 4.96. The van der Waals surface area contributed by atoms with Crippen LogP contribution in [0.1, 0.15) is 13.8 Å². The Hall–Kier alpha value is -0.380. The molecule has 0 aliphatic carbocycles. The van der Waals surface area contributed by atoms with Gasteiger partial charge in [-0.25, -0.2) is 0 Å². The highest BCUT2D eigenvalue weighted by Crippen LogP contribution is 2.26. The summed E-state index contributed by atoms with van der Waals surface area (Å²) in [6.45, 7) is 3.86. The van der Waals surface area contributed by atoms with Crippen LogP contribution in [0.3, 0.4) is 0 Å². The SMILES string of the molecule is CC(C)C(S)C(=O)Nc1ccc(Cl)cc1Cl. The number of amides is 1. The van der Waals surface area contributed by atoms with Gasteiger partial charge < -0.3 is 5.32 Å². The zero-order chi connectivity index (χ0) is 12.3. The number of benzene rings is 1. The molecule has 1 rings (SSSR count). The van der Waals surface area contributed by atoms with Crippen LogP contribution in [0, 0.1) is 5.92 Å². The maximum absolute atomic E-state index is 11.7. The van der Waals surface area contributed by atoms with Crippen LogP contribution in [0.15, 0.2) is 18.2 Å². The van der Waals surface area contributed by atoms with Crippen molar-refractivity contribution in [2.75, 3.05) is 5.32 Å². The Morgan fingerprint density at radius 2 is 2.00 bits per heavy atom. The van der Waals surface area contributed by atoms with Crippen molar-refractivity contribution in [3.05, 3.63) is 28.2 Å². The van der Waals surface area contributed by atoms with Crippen LogP contribution in [-0.2, 0) is 4.79 Å². The highest BCUT2D eigenvalue weighted by Gasteiger charge is 2.18. The summed E-state index contributed by atoms with van der Waals surface area (Å²) in [5, 5.41) is 3.32. The van der Waals surface area contributed by atoms with E-state index in [4.69, 9.17) is 23.2 Å². The molecule has 88 valence electrons. The van der Waals surface area contributed by atoms with E-state index >= 15 is 0 Å². The molecule has 0 bridgehead atoms. The Morgan fingerprint density at radius 1 is 1.38 bits per heavy atom. The van der Waals surface area contributed by atoms with Gasteiger partial charge >= 0.3 is 0 Å². The third-order valence-corrected chi connectivity index (χ3v) is 3.47. The molecule has 0 saturated heterocycles. The predicted octanol–water partition coefficient (Wildman–Crippen LogP) is 3.89. The fraction of sp³-hybridized carbons (Fsp3) is 0.364. The summed E-state index contributed by atoms with van der Waals surface area (Å²) in [6, 6.07) is 4.93. The normalized spacial score (nSPS) is 12.6. The molecule has 1 aromatic carbocycles. The van der Waals surface area contributed by atoms with E-state index in [-0.39, 0.29) is 17.1 Å². The largest absolute Gasteiger partial charge is 0.324 e. The molecule has 0 fully saturated rings. The van der Waals surface area contributed by atoms with Gasteiger partial charge in [0.1, 0.15) is 0 Å². The van der Waals surface area contributed by atoms with Crippen molar-refractivity contribution >= 4 is 47.4 Å². The van der Waals surface area contributed by atoms with Gasteiger partial charge in [0.2, 0.25) is 5.91 Å². The number of carbonyl (C=O) groups is 1. The average molecular weight is 278 g/mol. The number of rotatable bonds is 3. The molecule has 1 N–H and O–H groups in total.